The lowest BCUT2D eigenvalue weighted by Crippen LogP contribution is -2.15. The lowest BCUT2D eigenvalue weighted by molar-refractivity contribution is 0.0601. The number of ether oxygens (including phenoxy) is 2. The molecule has 0 bridgehead atoms. The number of rotatable bonds is 10. The molecule has 1 aliphatic carbocycles. The largest absolute Gasteiger partial charge is 0.494 e. The number of aryl methyl sites for hydroxylation is 1. The van der Waals surface area contributed by atoms with Crippen LogP contribution in [0.15, 0.2) is 24.3 Å². The van der Waals surface area contributed by atoms with Crippen molar-refractivity contribution in [3.8, 4) is 5.75 Å². The molecule has 1 amide bonds. The van der Waals surface area contributed by atoms with Gasteiger partial charge in [0.25, 0.3) is 5.91 Å². The first kappa shape index (κ1) is 22.3. The molecule has 1 N–H and O–H groups in total. The van der Waals surface area contributed by atoms with Gasteiger partial charge in [-0.25, -0.2) is 4.79 Å². The fraction of sp³-hybridized carbons (Fsp3) is 0.500. The molecule has 0 radical (unpaired) electrons. The van der Waals surface area contributed by atoms with Crippen LogP contribution in [0.1, 0.15) is 83.0 Å². The summed E-state index contributed by atoms with van der Waals surface area (Å²) in [6.07, 6.45) is 9.96. The molecule has 0 atom stereocenters. The number of thiophene rings is 1. The Bertz CT molecular complexity index is 857. The molecule has 0 unspecified atom stereocenters. The van der Waals surface area contributed by atoms with Crippen molar-refractivity contribution in [2.24, 2.45) is 0 Å². The normalized spacial score (nSPS) is 12.9. The summed E-state index contributed by atoms with van der Waals surface area (Å²) in [6, 6.07) is 7.16. The van der Waals surface area contributed by atoms with Crippen molar-refractivity contribution in [1.29, 1.82) is 0 Å². The van der Waals surface area contributed by atoms with Gasteiger partial charge in [-0.05, 0) is 61.9 Å². The van der Waals surface area contributed by atoms with Gasteiger partial charge in [0.1, 0.15) is 10.8 Å². The molecule has 2 aromatic rings. The number of carbonyl (C=O) groups is 2. The van der Waals surface area contributed by atoms with Crippen LogP contribution in [0.25, 0.3) is 0 Å². The minimum absolute atomic E-state index is 0.232. The zero-order chi connectivity index (χ0) is 21.3. The molecule has 1 heterocycles. The maximum atomic E-state index is 12.8. The summed E-state index contributed by atoms with van der Waals surface area (Å²) in [7, 11) is 1.38. The summed E-state index contributed by atoms with van der Waals surface area (Å²) < 4.78 is 10.7. The highest BCUT2D eigenvalue weighted by molar-refractivity contribution is 7.17. The average Bonchev–Trinajstić information content (AvgIpc) is 3.13. The SMILES string of the molecule is CCCCCCCOc1ccc(C(=O)Nc2sc3c(c2C(=O)OC)CCCC3)cc1. The van der Waals surface area contributed by atoms with Crippen LogP contribution in [-0.2, 0) is 17.6 Å². The summed E-state index contributed by atoms with van der Waals surface area (Å²) in [5, 5.41) is 3.52. The number of unbranched alkanes of at least 4 members (excludes halogenated alkanes) is 4. The summed E-state index contributed by atoms with van der Waals surface area (Å²) in [6.45, 7) is 2.90. The number of hydrogen-bond donors (Lipinski definition) is 1. The minimum Gasteiger partial charge on any atom is -0.494 e. The van der Waals surface area contributed by atoms with Crippen molar-refractivity contribution in [2.45, 2.75) is 64.7 Å². The van der Waals surface area contributed by atoms with Crippen molar-refractivity contribution in [1.82, 2.24) is 0 Å². The Morgan fingerprint density at radius 2 is 1.77 bits per heavy atom. The third-order valence-electron chi connectivity index (χ3n) is 5.42. The summed E-state index contributed by atoms with van der Waals surface area (Å²) in [4.78, 5) is 26.3. The fourth-order valence-corrected chi connectivity index (χ4v) is 5.02. The average molecular weight is 430 g/mol. The van der Waals surface area contributed by atoms with Crippen LogP contribution in [0.5, 0.6) is 5.75 Å². The Morgan fingerprint density at radius 3 is 2.50 bits per heavy atom. The summed E-state index contributed by atoms with van der Waals surface area (Å²) >= 11 is 1.49. The molecule has 1 aromatic heterocycles. The van der Waals surface area contributed by atoms with Crippen LogP contribution in [0.3, 0.4) is 0 Å². The number of fused-ring (bicyclic) bond motifs is 1. The highest BCUT2D eigenvalue weighted by Gasteiger charge is 2.27. The molecule has 0 saturated heterocycles. The molecule has 0 saturated carbocycles. The van der Waals surface area contributed by atoms with Crippen LogP contribution in [0.4, 0.5) is 5.00 Å². The van der Waals surface area contributed by atoms with Crippen LogP contribution in [-0.4, -0.2) is 25.6 Å². The summed E-state index contributed by atoms with van der Waals surface area (Å²) in [5.74, 6) is 0.154. The van der Waals surface area contributed by atoms with E-state index in [0.717, 1.165) is 43.4 Å². The highest BCUT2D eigenvalue weighted by atomic mass is 32.1. The number of methoxy groups -OCH3 is 1. The van der Waals surface area contributed by atoms with Crippen molar-refractivity contribution >= 4 is 28.2 Å². The molecule has 1 aliphatic rings. The number of nitrogens with one attached hydrogen (secondary N) is 1. The van der Waals surface area contributed by atoms with E-state index in [1.54, 1.807) is 12.1 Å². The first-order chi connectivity index (χ1) is 14.6. The zero-order valence-electron chi connectivity index (χ0n) is 17.9. The first-order valence-corrected chi connectivity index (χ1v) is 11.7. The van der Waals surface area contributed by atoms with Crippen LogP contribution >= 0.6 is 11.3 Å². The van der Waals surface area contributed by atoms with Gasteiger partial charge >= 0.3 is 5.97 Å². The molecule has 162 valence electrons. The Balaban J connectivity index is 1.61. The van der Waals surface area contributed by atoms with Crippen molar-refractivity contribution in [3.63, 3.8) is 0 Å². The molecular formula is C24H31NO4S. The van der Waals surface area contributed by atoms with Gasteiger partial charge in [-0.1, -0.05) is 32.6 Å². The molecule has 1 aromatic carbocycles. The van der Waals surface area contributed by atoms with Gasteiger partial charge in [-0.2, -0.15) is 0 Å². The smallest absolute Gasteiger partial charge is 0.341 e. The molecule has 3 rings (SSSR count). The lowest BCUT2D eigenvalue weighted by atomic mass is 9.95. The number of hydrogen-bond acceptors (Lipinski definition) is 5. The van der Waals surface area contributed by atoms with Gasteiger partial charge < -0.3 is 14.8 Å². The molecule has 0 fully saturated rings. The van der Waals surface area contributed by atoms with Crippen molar-refractivity contribution in [3.05, 3.63) is 45.8 Å². The second-order valence-corrected chi connectivity index (χ2v) is 8.75. The highest BCUT2D eigenvalue weighted by Crippen LogP contribution is 2.38. The minimum atomic E-state index is -0.382. The lowest BCUT2D eigenvalue weighted by Gasteiger charge is -2.12. The van der Waals surface area contributed by atoms with E-state index in [1.165, 1.54) is 49.0 Å². The van der Waals surface area contributed by atoms with Gasteiger partial charge in [0.15, 0.2) is 0 Å². The second-order valence-electron chi connectivity index (χ2n) is 7.65. The van der Waals surface area contributed by atoms with E-state index >= 15 is 0 Å². The Labute approximate surface area is 182 Å². The predicted molar refractivity (Wildman–Crippen MR) is 121 cm³/mol. The third-order valence-corrected chi connectivity index (χ3v) is 6.63. The van der Waals surface area contributed by atoms with E-state index in [-0.39, 0.29) is 11.9 Å². The van der Waals surface area contributed by atoms with Gasteiger partial charge in [0, 0.05) is 10.4 Å². The topological polar surface area (TPSA) is 64.6 Å². The van der Waals surface area contributed by atoms with Gasteiger partial charge in [0.2, 0.25) is 0 Å². The Morgan fingerprint density at radius 1 is 1.03 bits per heavy atom. The molecule has 0 spiro atoms. The number of benzene rings is 1. The van der Waals surface area contributed by atoms with Gasteiger partial charge in [-0.15, -0.1) is 11.3 Å². The second kappa shape index (κ2) is 11.2. The number of anilines is 1. The maximum absolute atomic E-state index is 12.8. The van der Waals surface area contributed by atoms with E-state index in [2.05, 4.69) is 12.2 Å². The Hall–Kier alpha value is -2.34. The standard InChI is InChI=1S/C24H31NO4S/c1-3-4-5-6-9-16-29-18-14-12-17(13-15-18)22(26)25-23-21(24(27)28-2)19-10-7-8-11-20(19)30-23/h12-15H,3-11,16H2,1-2H3,(H,25,26). The van der Waals surface area contributed by atoms with Gasteiger partial charge in [-0.3, -0.25) is 4.79 Å². The van der Waals surface area contributed by atoms with Crippen LogP contribution in [0, 0.1) is 0 Å². The molecule has 0 aliphatic heterocycles. The number of amides is 1. The number of esters is 1. The molecule has 5 nitrogen and oxygen atoms in total. The molecule has 30 heavy (non-hydrogen) atoms. The van der Waals surface area contributed by atoms with Crippen LogP contribution in [0.2, 0.25) is 0 Å². The third kappa shape index (κ3) is 5.63. The van der Waals surface area contributed by atoms with E-state index in [0.29, 0.717) is 22.7 Å². The fourth-order valence-electron chi connectivity index (χ4n) is 3.75. The number of carbonyl (C=O) groups excluding carboxylic acids is 2. The monoisotopic (exact) mass is 429 g/mol. The maximum Gasteiger partial charge on any atom is 0.341 e. The van der Waals surface area contributed by atoms with E-state index in [9.17, 15) is 9.59 Å². The predicted octanol–water partition coefficient (Wildman–Crippen LogP) is 6.02. The zero-order valence-corrected chi connectivity index (χ0v) is 18.7. The van der Waals surface area contributed by atoms with Crippen molar-refractivity contribution < 1.29 is 19.1 Å². The summed E-state index contributed by atoms with van der Waals surface area (Å²) in [5.41, 5.74) is 2.09. The Kier molecular flexibility index (Phi) is 8.31. The van der Waals surface area contributed by atoms with Gasteiger partial charge in [0.05, 0.1) is 19.3 Å². The van der Waals surface area contributed by atoms with Crippen LogP contribution < -0.4 is 10.1 Å². The van der Waals surface area contributed by atoms with E-state index in [1.807, 2.05) is 12.1 Å². The van der Waals surface area contributed by atoms with E-state index < -0.39 is 0 Å². The quantitative estimate of drug-likeness (QED) is 0.371. The first-order valence-electron chi connectivity index (χ1n) is 10.9. The molecule has 6 heteroatoms. The van der Waals surface area contributed by atoms with Crippen molar-refractivity contribution in [2.75, 3.05) is 19.0 Å². The molecular weight excluding hydrogens is 398 g/mol. The van der Waals surface area contributed by atoms with E-state index in [4.69, 9.17) is 9.47 Å².